The van der Waals surface area contributed by atoms with Crippen molar-refractivity contribution in [1.82, 2.24) is 4.90 Å². The summed E-state index contributed by atoms with van der Waals surface area (Å²) in [5.74, 6) is -0.165. The Kier molecular flexibility index (Phi) is 16.3. The highest BCUT2D eigenvalue weighted by Gasteiger charge is 2.06. The zero-order valence-corrected chi connectivity index (χ0v) is 17.0. The lowest BCUT2D eigenvalue weighted by molar-refractivity contribution is 0.337. The van der Waals surface area contributed by atoms with Crippen molar-refractivity contribution < 1.29 is 13.0 Å². The zero-order chi connectivity index (χ0) is 18.1. The molecule has 0 rings (SSSR count). The molecular formula is C19H41NO3S. The fourth-order valence-electron chi connectivity index (χ4n) is 2.96. The SMILES string of the molecule is CCCCCCCCCCCCCCCCN(C)CCS(=O)(=O)O. The van der Waals surface area contributed by atoms with Crippen LogP contribution in [0.15, 0.2) is 0 Å². The van der Waals surface area contributed by atoms with Crippen molar-refractivity contribution in [3.8, 4) is 0 Å². The van der Waals surface area contributed by atoms with E-state index in [0.29, 0.717) is 6.54 Å². The largest absolute Gasteiger partial charge is 0.305 e. The van der Waals surface area contributed by atoms with Gasteiger partial charge in [-0.1, -0.05) is 90.4 Å². The van der Waals surface area contributed by atoms with Crippen LogP contribution in [-0.4, -0.2) is 43.8 Å². The molecule has 24 heavy (non-hydrogen) atoms. The molecule has 0 aliphatic carbocycles. The molecular weight excluding hydrogens is 322 g/mol. The first kappa shape index (κ1) is 23.9. The highest BCUT2D eigenvalue weighted by molar-refractivity contribution is 7.85. The summed E-state index contributed by atoms with van der Waals surface area (Å²) in [5.41, 5.74) is 0. The minimum absolute atomic E-state index is 0.165. The first-order valence-electron chi connectivity index (χ1n) is 10.1. The molecule has 0 aliphatic rings. The lowest BCUT2D eigenvalue weighted by atomic mass is 10.0. The van der Waals surface area contributed by atoms with Crippen LogP contribution in [0.25, 0.3) is 0 Å². The number of nitrogens with zero attached hydrogens (tertiary/aromatic N) is 1. The van der Waals surface area contributed by atoms with Gasteiger partial charge in [0.15, 0.2) is 0 Å². The molecule has 0 bridgehead atoms. The van der Waals surface area contributed by atoms with Crippen molar-refractivity contribution in [2.75, 3.05) is 25.9 Å². The molecule has 0 unspecified atom stereocenters. The first-order chi connectivity index (χ1) is 11.5. The second-order valence-electron chi connectivity index (χ2n) is 7.19. The molecule has 0 atom stereocenters. The van der Waals surface area contributed by atoms with Gasteiger partial charge in [0.05, 0.1) is 5.75 Å². The Morgan fingerprint density at radius 3 is 1.42 bits per heavy atom. The van der Waals surface area contributed by atoms with Gasteiger partial charge >= 0.3 is 0 Å². The highest BCUT2D eigenvalue weighted by atomic mass is 32.2. The van der Waals surface area contributed by atoms with E-state index in [0.717, 1.165) is 13.0 Å². The van der Waals surface area contributed by atoms with Gasteiger partial charge in [-0.05, 0) is 20.0 Å². The van der Waals surface area contributed by atoms with E-state index in [4.69, 9.17) is 4.55 Å². The van der Waals surface area contributed by atoms with E-state index >= 15 is 0 Å². The molecule has 0 aromatic heterocycles. The summed E-state index contributed by atoms with van der Waals surface area (Å²) in [6.07, 6.45) is 18.9. The summed E-state index contributed by atoms with van der Waals surface area (Å²) in [4.78, 5) is 1.98. The second-order valence-corrected chi connectivity index (χ2v) is 8.76. The van der Waals surface area contributed by atoms with Crippen LogP contribution in [0.5, 0.6) is 0 Å². The summed E-state index contributed by atoms with van der Waals surface area (Å²) < 4.78 is 30.0. The molecule has 0 fully saturated rings. The Balaban J connectivity index is 3.17. The van der Waals surface area contributed by atoms with Crippen molar-refractivity contribution in [2.24, 2.45) is 0 Å². The van der Waals surface area contributed by atoms with Gasteiger partial charge in [-0.15, -0.1) is 0 Å². The van der Waals surface area contributed by atoms with Crippen LogP contribution < -0.4 is 0 Å². The van der Waals surface area contributed by atoms with Crippen molar-refractivity contribution in [3.63, 3.8) is 0 Å². The lowest BCUT2D eigenvalue weighted by Gasteiger charge is -2.15. The third kappa shape index (κ3) is 19.9. The van der Waals surface area contributed by atoms with Crippen LogP contribution in [0.3, 0.4) is 0 Å². The van der Waals surface area contributed by atoms with Gasteiger partial charge < -0.3 is 4.90 Å². The molecule has 0 amide bonds. The summed E-state index contributed by atoms with van der Waals surface area (Å²) in [6, 6.07) is 0. The van der Waals surface area contributed by atoms with Gasteiger partial charge in [-0.3, -0.25) is 4.55 Å². The van der Waals surface area contributed by atoms with Crippen LogP contribution in [0.1, 0.15) is 96.8 Å². The maximum absolute atomic E-state index is 10.7. The van der Waals surface area contributed by atoms with E-state index in [1.54, 1.807) is 0 Å². The van der Waals surface area contributed by atoms with Crippen molar-refractivity contribution in [3.05, 3.63) is 0 Å². The van der Waals surface area contributed by atoms with Gasteiger partial charge in [-0.25, -0.2) is 0 Å². The molecule has 5 heteroatoms. The molecule has 0 aromatic carbocycles. The van der Waals surface area contributed by atoms with Gasteiger partial charge in [-0.2, -0.15) is 8.42 Å². The van der Waals surface area contributed by atoms with Crippen LogP contribution >= 0.6 is 0 Å². The summed E-state index contributed by atoms with van der Waals surface area (Å²) in [6.45, 7) is 3.59. The third-order valence-corrected chi connectivity index (χ3v) is 5.32. The molecule has 0 aromatic rings. The Bertz CT molecular complexity index is 358. The van der Waals surface area contributed by atoms with E-state index in [1.807, 2.05) is 11.9 Å². The Morgan fingerprint density at radius 2 is 1.04 bits per heavy atom. The molecule has 0 spiro atoms. The monoisotopic (exact) mass is 363 g/mol. The number of unbranched alkanes of at least 4 members (excludes halogenated alkanes) is 13. The predicted molar refractivity (Wildman–Crippen MR) is 104 cm³/mol. The molecule has 0 saturated carbocycles. The quantitative estimate of drug-likeness (QED) is 0.266. The third-order valence-electron chi connectivity index (χ3n) is 4.62. The number of rotatable bonds is 18. The minimum atomic E-state index is -3.82. The number of hydrogen-bond donors (Lipinski definition) is 1. The van der Waals surface area contributed by atoms with E-state index in [2.05, 4.69) is 6.92 Å². The smallest absolute Gasteiger partial charge is 0.266 e. The topological polar surface area (TPSA) is 57.6 Å². The maximum Gasteiger partial charge on any atom is 0.266 e. The Morgan fingerprint density at radius 1 is 0.667 bits per heavy atom. The summed E-state index contributed by atoms with van der Waals surface area (Å²) in [5, 5.41) is 0. The van der Waals surface area contributed by atoms with Crippen LogP contribution in [0.2, 0.25) is 0 Å². The first-order valence-corrected chi connectivity index (χ1v) is 11.7. The highest BCUT2D eigenvalue weighted by Crippen LogP contribution is 2.13. The molecule has 4 nitrogen and oxygen atoms in total. The van der Waals surface area contributed by atoms with Gasteiger partial charge in [0.25, 0.3) is 10.1 Å². The van der Waals surface area contributed by atoms with Crippen LogP contribution in [-0.2, 0) is 10.1 Å². The lowest BCUT2D eigenvalue weighted by Crippen LogP contribution is -2.26. The molecule has 146 valence electrons. The van der Waals surface area contributed by atoms with E-state index in [-0.39, 0.29) is 5.75 Å². The molecule has 0 saturated heterocycles. The molecule has 1 N–H and O–H groups in total. The Labute approximate surface area is 151 Å². The second kappa shape index (κ2) is 16.3. The van der Waals surface area contributed by atoms with Crippen molar-refractivity contribution in [2.45, 2.75) is 96.8 Å². The van der Waals surface area contributed by atoms with Crippen molar-refractivity contribution in [1.29, 1.82) is 0 Å². The fraction of sp³-hybridized carbons (Fsp3) is 1.00. The number of hydrogen-bond acceptors (Lipinski definition) is 3. The minimum Gasteiger partial charge on any atom is -0.305 e. The maximum atomic E-state index is 10.7. The van der Waals surface area contributed by atoms with Gasteiger partial charge in [0, 0.05) is 6.54 Å². The van der Waals surface area contributed by atoms with E-state index < -0.39 is 10.1 Å². The summed E-state index contributed by atoms with van der Waals surface area (Å²) >= 11 is 0. The fourth-order valence-corrected chi connectivity index (χ4v) is 3.50. The van der Waals surface area contributed by atoms with Gasteiger partial charge in [0.2, 0.25) is 0 Å². The summed E-state index contributed by atoms with van der Waals surface area (Å²) in [7, 11) is -1.91. The van der Waals surface area contributed by atoms with Gasteiger partial charge in [0.1, 0.15) is 0 Å². The van der Waals surface area contributed by atoms with E-state index in [1.165, 1.54) is 83.5 Å². The Hall–Kier alpha value is -0.130. The standard InChI is InChI=1S/C19H41NO3S/c1-3-4-5-6-7-8-9-10-11-12-13-14-15-16-17-20(2)18-19-24(21,22)23/h3-19H2,1-2H3,(H,21,22,23). The van der Waals surface area contributed by atoms with Crippen LogP contribution in [0, 0.1) is 0 Å². The zero-order valence-electron chi connectivity index (χ0n) is 16.1. The van der Waals surface area contributed by atoms with Crippen molar-refractivity contribution >= 4 is 10.1 Å². The molecule has 0 radical (unpaired) electrons. The van der Waals surface area contributed by atoms with Crippen LogP contribution in [0.4, 0.5) is 0 Å². The average Bonchev–Trinajstić information content (AvgIpc) is 2.52. The predicted octanol–water partition coefficient (Wildman–Crippen LogP) is 5.29. The molecule has 0 heterocycles. The normalized spacial score (nSPS) is 12.2. The van der Waals surface area contributed by atoms with E-state index in [9.17, 15) is 8.42 Å². The molecule has 0 aliphatic heterocycles. The average molecular weight is 364 g/mol.